The zero-order valence-corrected chi connectivity index (χ0v) is 17.2. The third kappa shape index (κ3) is 5.40. The number of hydrogen-bond donors (Lipinski definition) is 1. The molecule has 8 heteroatoms. The first-order chi connectivity index (χ1) is 13.8. The van der Waals surface area contributed by atoms with Crippen molar-refractivity contribution < 1.29 is 9.21 Å². The summed E-state index contributed by atoms with van der Waals surface area (Å²) in [6.07, 6.45) is 8.60. The lowest BCUT2D eigenvalue weighted by atomic mass is 10.1. The van der Waals surface area contributed by atoms with Gasteiger partial charge in [-0.3, -0.25) is 15.0 Å². The lowest BCUT2D eigenvalue weighted by molar-refractivity contribution is 0.0992. The van der Waals surface area contributed by atoms with Crippen molar-refractivity contribution in [3.8, 4) is 0 Å². The van der Waals surface area contributed by atoms with Gasteiger partial charge < -0.3 is 9.32 Å². The molecular weight excluding hydrogens is 374 g/mol. The van der Waals surface area contributed by atoms with Crippen molar-refractivity contribution in [3.63, 3.8) is 0 Å². The zero-order chi connectivity index (χ0) is 19.2. The van der Waals surface area contributed by atoms with Crippen LogP contribution < -0.4 is 5.32 Å². The van der Waals surface area contributed by atoms with E-state index in [0.29, 0.717) is 10.9 Å². The maximum atomic E-state index is 12.4. The number of piperidine rings is 2. The van der Waals surface area contributed by atoms with Crippen molar-refractivity contribution in [3.05, 3.63) is 28.7 Å². The maximum Gasteiger partial charge on any atom is 0.293 e. The normalized spacial score (nSPS) is 19.0. The Morgan fingerprint density at radius 2 is 1.71 bits per heavy atom. The third-order valence-corrected chi connectivity index (χ3v) is 6.39. The zero-order valence-electron chi connectivity index (χ0n) is 16.4. The highest BCUT2D eigenvalue weighted by Crippen LogP contribution is 2.20. The molecule has 0 atom stereocenters. The molecule has 4 heterocycles. The van der Waals surface area contributed by atoms with Crippen LogP contribution in [-0.4, -0.2) is 58.6 Å². The fraction of sp³-hybridized carbons (Fsp3) is 0.650. The number of likely N-dealkylation sites (tertiary alicyclic amines) is 2. The number of amides is 1. The van der Waals surface area contributed by atoms with E-state index in [0.717, 1.165) is 43.4 Å². The van der Waals surface area contributed by atoms with Crippen molar-refractivity contribution in [2.24, 2.45) is 0 Å². The number of nitrogens with one attached hydrogen (secondary N) is 1. The Bertz CT molecular complexity index is 762. The van der Waals surface area contributed by atoms with Gasteiger partial charge in [0.25, 0.3) is 5.91 Å². The first-order valence-electron chi connectivity index (χ1n) is 10.4. The van der Waals surface area contributed by atoms with Crippen LogP contribution in [0.4, 0.5) is 5.13 Å². The van der Waals surface area contributed by atoms with Gasteiger partial charge in [-0.05, 0) is 64.0 Å². The number of hydrogen-bond acceptors (Lipinski definition) is 7. The van der Waals surface area contributed by atoms with Gasteiger partial charge in [0.05, 0.1) is 6.54 Å². The Kier molecular flexibility index (Phi) is 6.72. The molecule has 0 radical (unpaired) electrons. The van der Waals surface area contributed by atoms with E-state index in [-0.39, 0.29) is 5.91 Å². The lowest BCUT2D eigenvalue weighted by Gasteiger charge is -2.25. The molecule has 0 spiro atoms. The number of carbonyl (C=O) groups excluding carboxylic acids is 1. The summed E-state index contributed by atoms with van der Waals surface area (Å²) in [6, 6.07) is 3.64. The van der Waals surface area contributed by atoms with Gasteiger partial charge in [-0.25, -0.2) is 0 Å². The smallest absolute Gasteiger partial charge is 0.293 e. The summed E-state index contributed by atoms with van der Waals surface area (Å²) >= 11 is 1.45. The Morgan fingerprint density at radius 3 is 2.46 bits per heavy atom. The average molecular weight is 404 g/mol. The molecule has 0 saturated carbocycles. The van der Waals surface area contributed by atoms with Gasteiger partial charge in [-0.15, -0.1) is 10.2 Å². The minimum Gasteiger partial charge on any atom is -0.455 e. The molecule has 2 saturated heterocycles. The molecule has 0 aromatic carbocycles. The Balaban J connectivity index is 1.26. The molecule has 152 valence electrons. The standard InChI is InChI=1S/C20H29N5O2S/c26-19(17-8-7-16(27-17)15-25-12-5-2-6-13-25)21-20-23-22-18(28-20)9-14-24-10-3-1-4-11-24/h7-8H,1-6,9-15H2,(H,21,23,26). The largest absolute Gasteiger partial charge is 0.455 e. The molecule has 4 rings (SSSR count). The van der Waals surface area contributed by atoms with Gasteiger partial charge in [-0.1, -0.05) is 24.2 Å². The molecule has 2 fully saturated rings. The van der Waals surface area contributed by atoms with E-state index in [4.69, 9.17) is 4.42 Å². The third-order valence-electron chi connectivity index (χ3n) is 5.49. The SMILES string of the molecule is O=C(Nc1nnc(CCN2CCCCC2)s1)c1ccc(CN2CCCCC2)o1. The summed E-state index contributed by atoms with van der Waals surface area (Å²) < 4.78 is 5.75. The first kappa shape index (κ1) is 19.5. The average Bonchev–Trinajstić information content (AvgIpc) is 3.38. The number of nitrogens with zero attached hydrogens (tertiary/aromatic N) is 4. The minimum absolute atomic E-state index is 0.261. The monoisotopic (exact) mass is 403 g/mol. The van der Waals surface area contributed by atoms with Gasteiger partial charge >= 0.3 is 0 Å². The van der Waals surface area contributed by atoms with Gasteiger partial charge in [0.1, 0.15) is 10.8 Å². The molecule has 0 aliphatic carbocycles. The van der Waals surface area contributed by atoms with Gasteiger partial charge in [0.2, 0.25) is 5.13 Å². The van der Waals surface area contributed by atoms with E-state index in [1.54, 1.807) is 6.07 Å². The molecule has 2 aliphatic rings. The molecule has 2 aromatic heterocycles. The molecule has 1 amide bonds. The molecule has 28 heavy (non-hydrogen) atoms. The number of furan rings is 1. The summed E-state index contributed by atoms with van der Waals surface area (Å²) in [6.45, 7) is 6.36. The fourth-order valence-electron chi connectivity index (χ4n) is 3.92. The number of anilines is 1. The Labute approximate surface area is 170 Å². The molecule has 2 aliphatic heterocycles. The quantitative estimate of drug-likeness (QED) is 0.764. The number of rotatable bonds is 7. The van der Waals surface area contributed by atoms with Crippen LogP contribution >= 0.6 is 11.3 Å². The Hall–Kier alpha value is -1.77. The summed E-state index contributed by atoms with van der Waals surface area (Å²) in [5.74, 6) is 0.909. The summed E-state index contributed by atoms with van der Waals surface area (Å²) in [7, 11) is 0. The molecule has 7 nitrogen and oxygen atoms in total. The van der Waals surface area contributed by atoms with Crippen LogP contribution in [0.2, 0.25) is 0 Å². The van der Waals surface area contributed by atoms with Crippen molar-refractivity contribution in [2.75, 3.05) is 38.0 Å². The van der Waals surface area contributed by atoms with E-state index < -0.39 is 0 Å². The Morgan fingerprint density at radius 1 is 1.00 bits per heavy atom. The highest BCUT2D eigenvalue weighted by Gasteiger charge is 2.17. The van der Waals surface area contributed by atoms with Crippen molar-refractivity contribution in [1.82, 2.24) is 20.0 Å². The molecule has 2 aromatic rings. The molecular formula is C20H29N5O2S. The van der Waals surface area contributed by atoms with Crippen LogP contribution in [0.25, 0.3) is 0 Å². The van der Waals surface area contributed by atoms with Gasteiger partial charge in [0.15, 0.2) is 5.76 Å². The molecule has 1 N–H and O–H groups in total. The minimum atomic E-state index is -0.261. The maximum absolute atomic E-state index is 12.4. The predicted octanol–water partition coefficient (Wildman–Crippen LogP) is 3.40. The highest BCUT2D eigenvalue weighted by atomic mass is 32.1. The summed E-state index contributed by atoms with van der Waals surface area (Å²) in [5.41, 5.74) is 0. The van der Waals surface area contributed by atoms with Crippen LogP contribution in [0.1, 0.15) is 59.8 Å². The van der Waals surface area contributed by atoms with Gasteiger partial charge in [-0.2, -0.15) is 0 Å². The molecule has 0 unspecified atom stereocenters. The van der Waals surface area contributed by atoms with E-state index in [1.807, 2.05) is 6.07 Å². The second-order valence-corrected chi connectivity index (χ2v) is 8.77. The van der Waals surface area contributed by atoms with E-state index in [1.165, 1.54) is 63.0 Å². The van der Waals surface area contributed by atoms with E-state index in [9.17, 15) is 4.79 Å². The van der Waals surface area contributed by atoms with Crippen LogP contribution in [-0.2, 0) is 13.0 Å². The predicted molar refractivity (Wildman–Crippen MR) is 110 cm³/mol. The van der Waals surface area contributed by atoms with Crippen molar-refractivity contribution >= 4 is 22.4 Å². The topological polar surface area (TPSA) is 74.5 Å². The van der Waals surface area contributed by atoms with Crippen LogP contribution in [0, 0.1) is 0 Å². The van der Waals surface area contributed by atoms with Gasteiger partial charge in [0, 0.05) is 13.0 Å². The fourth-order valence-corrected chi connectivity index (χ4v) is 4.65. The van der Waals surface area contributed by atoms with Crippen LogP contribution in [0.5, 0.6) is 0 Å². The summed E-state index contributed by atoms with van der Waals surface area (Å²) in [5, 5.41) is 12.7. The second kappa shape index (κ2) is 9.62. The number of carbonyl (C=O) groups is 1. The summed E-state index contributed by atoms with van der Waals surface area (Å²) in [4.78, 5) is 17.3. The lowest BCUT2D eigenvalue weighted by Crippen LogP contribution is -2.31. The van der Waals surface area contributed by atoms with Crippen molar-refractivity contribution in [2.45, 2.75) is 51.5 Å². The second-order valence-electron chi connectivity index (χ2n) is 7.71. The number of aromatic nitrogens is 2. The van der Waals surface area contributed by atoms with Crippen LogP contribution in [0.15, 0.2) is 16.5 Å². The highest BCUT2D eigenvalue weighted by molar-refractivity contribution is 7.15. The molecule has 0 bridgehead atoms. The van der Waals surface area contributed by atoms with Crippen LogP contribution in [0.3, 0.4) is 0 Å². The van der Waals surface area contributed by atoms with E-state index in [2.05, 4.69) is 25.3 Å². The van der Waals surface area contributed by atoms with E-state index >= 15 is 0 Å². The van der Waals surface area contributed by atoms with Crippen molar-refractivity contribution in [1.29, 1.82) is 0 Å². The first-order valence-corrected chi connectivity index (χ1v) is 11.2.